The molecule has 0 spiro atoms. The predicted octanol–water partition coefficient (Wildman–Crippen LogP) is 1.07. The molecule has 0 radical (unpaired) electrons. The summed E-state index contributed by atoms with van der Waals surface area (Å²) in [4.78, 5) is 18.5. The summed E-state index contributed by atoms with van der Waals surface area (Å²) < 4.78 is 5.25. The van der Waals surface area contributed by atoms with Gasteiger partial charge in [-0.25, -0.2) is 4.98 Å². The van der Waals surface area contributed by atoms with E-state index in [2.05, 4.69) is 15.3 Å². The van der Waals surface area contributed by atoms with E-state index in [0.29, 0.717) is 30.7 Å². The fourth-order valence-electron chi connectivity index (χ4n) is 1.15. The van der Waals surface area contributed by atoms with Crippen LogP contribution in [-0.4, -0.2) is 34.2 Å². The second kappa shape index (κ2) is 5.89. The summed E-state index contributed by atoms with van der Waals surface area (Å²) in [5.74, 6) is 0.817. The van der Waals surface area contributed by atoms with Gasteiger partial charge in [0, 0.05) is 12.6 Å². The molecule has 6 nitrogen and oxygen atoms in total. The van der Waals surface area contributed by atoms with Gasteiger partial charge in [0.15, 0.2) is 0 Å². The van der Waals surface area contributed by atoms with Crippen LogP contribution >= 0.6 is 0 Å². The van der Waals surface area contributed by atoms with Crippen LogP contribution in [0.2, 0.25) is 0 Å². The average Bonchev–Trinajstić information content (AvgIpc) is 2.16. The molecular formula is C10H15N3O3. The highest BCUT2D eigenvalue weighted by Gasteiger charge is 2.03. The molecule has 1 heterocycles. The molecule has 0 bridgehead atoms. The van der Waals surface area contributed by atoms with E-state index < -0.39 is 5.97 Å². The van der Waals surface area contributed by atoms with E-state index in [1.54, 1.807) is 13.0 Å². The first-order valence-electron chi connectivity index (χ1n) is 5.06. The van der Waals surface area contributed by atoms with E-state index in [4.69, 9.17) is 9.84 Å². The Morgan fingerprint density at radius 2 is 2.31 bits per heavy atom. The van der Waals surface area contributed by atoms with Crippen LogP contribution in [0.4, 0.5) is 5.82 Å². The number of nitrogens with zero attached hydrogens (tertiary/aromatic N) is 2. The molecule has 16 heavy (non-hydrogen) atoms. The SMILES string of the molecule is CCOc1cc(NCCC(=O)O)nc(C)n1. The van der Waals surface area contributed by atoms with Gasteiger partial charge in [-0.1, -0.05) is 0 Å². The third-order valence-corrected chi connectivity index (χ3v) is 1.75. The summed E-state index contributed by atoms with van der Waals surface area (Å²) in [6, 6.07) is 1.65. The maximum absolute atomic E-state index is 10.3. The smallest absolute Gasteiger partial charge is 0.305 e. The zero-order valence-corrected chi connectivity index (χ0v) is 9.36. The number of carbonyl (C=O) groups is 1. The minimum atomic E-state index is -0.844. The molecule has 0 fully saturated rings. The third-order valence-electron chi connectivity index (χ3n) is 1.75. The lowest BCUT2D eigenvalue weighted by molar-refractivity contribution is -0.136. The van der Waals surface area contributed by atoms with Gasteiger partial charge in [0.1, 0.15) is 11.6 Å². The second-order valence-electron chi connectivity index (χ2n) is 3.14. The lowest BCUT2D eigenvalue weighted by Crippen LogP contribution is -2.09. The van der Waals surface area contributed by atoms with E-state index in [0.717, 1.165) is 0 Å². The van der Waals surface area contributed by atoms with Gasteiger partial charge < -0.3 is 15.2 Å². The minimum absolute atomic E-state index is 0.0486. The van der Waals surface area contributed by atoms with Crippen LogP contribution < -0.4 is 10.1 Å². The molecule has 6 heteroatoms. The van der Waals surface area contributed by atoms with Crippen LogP contribution in [0.15, 0.2) is 6.07 Å². The minimum Gasteiger partial charge on any atom is -0.481 e. The Balaban J connectivity index is 2.61. The molecular weight excluding hydrogens is 210 g/mol. The number of aliphatic carboxylic acids is 1. The Morgan fingerprint density at radius 1 is 1.56 bits per heavy atom. The predicted molar refractivity (Wildman–Crippen MR) is 58.7 cm³/mol. The van der Waals surface area contributed by atoms with Crippen molar-refractivity contribution in [1.82, 2.24) is 9.97 Å². The molecule has 0 aliphatic carbocycles. The molecule has 1 aromatic rings. The molecule has 0 atom stereocenters. The summed E-state index contributed by atoms with van der Waals surface area (Å²) >= 11 is 0. The van der Waals surface area contributed by atoms with Crippen molar-refractivity contribution in [1.29, 1.82) is 0 Å². The first-order chi connectivity index (χ1) is 7.61. The Morgan fingerprint density at radius 3 is 2.94 bits per heavy atom. The fraction of sp³-hybridized carbons (Fsp3) is 0.500. The normalized spacial score (nSPS) is 9.88. The van der Waals surface area contributed by atoms with E-state index in [9.17, 15) is 4.79 Å². The molecule has 88 valence electrons. The van der Waals surface area contributed by atoms with Crippen molar-refractivity contribution in [2.45, 2.75) is 20.3 Å². The van der Waals surface area contributed by atoms with Gasteiger partial charge in [0.25, 0.3) is 0 Å². The molecule has 0 aromatic carbocycles. The molecule has 0 aliphatic heterocycles. The summed E-state index contributed by atoms with van der Waals surface area (Å²) in [5, 5.41) is 11.4. The molecule has 2 N–H and O–H groups in total. The molecule has 0 saturated carbocycles. The van der Waals surface area contributed by atoms with Gasteiger partial charge in [-0.2, -0.15) is 4.98 Å². The van der Waals surface area contributed by atoms with Gasteiger partial charge >= 0.3 is 5.97 Å². The number of hydrogen-bond acceptors (Lipinski definition) is 5. The highest BCUT2D eigenvalue weighted by atomic mass is 16.5. The van der Waals surface area contributed by atoms with Crippen LogP contribution in [0.25, 0.3) is 0 Å². The van der Waals surface area contributed by atoms with Gasteiger partial charge in [-0.3, -0.25) is 4.79 Å². The standard InChI is InChI=1S/C10H15N3O3/c1-3-16-9-6-8(12-7(2)13-9)11-5-4-10(14)15/h6H,3-5H2,1-2H3,(H,14,15)(H,11,12,13). The maximum Gasteiger partial charge on any atom is 0.305 e. The summed E-state index contributed by atoms with van der Waals surface area (Å²) in [5.41, 5.74) is 0. The fourth-order valence-corrected chi connectivity index (χ4v) is 1.15. The Hall–Kier alpha value is -1.85. The number of rotatable bonds is 6. The zero-order chi connectivity index (χ0) is 12.0. The molecule has 0 amide bonds. The molecule has 1 rings (SSSR count). The maximum atomic E-state index is 10.3. The molecule has 0 saturated heterocycles. The zero-order valence-electron chi connectivity index (χ0n) is 9.36. The average molecular weight is 225 g/mol. The number of nitrogens with one attached hydrogen (secondary N) is 1. The van der Waals surface area contributed by atoms with Crippen molar-refractivity contribution in [2.24, 2.45) is 0 Å². The number of anilines is 1. The Labute approximate surface area is 93.7 Å². The number of ether oxygens (including phenoxy) is 1. The van der Waals surface area contributed by atoms with Gasteiger partial charge in [-0.05, 0) is 13.8 Å². The lowest BCUT2D eigenvalue weighted by Gasteiger charge is -2.07. The van der Waals surface area contributed by atoms with Crippen molar-refractivity contribution in [3.8, 4) is 5.88 Å². The summed E-state index contributed by atoms with van der Waals surface area (Å²) in [6.45, 7) is 4.49. The van der Waals surface area contributed by atoms with Crippen molar-refractivity contribution in [3.05, 3.63) is 11.9 Å². The lowest BCUT2D eigenvalue weighted by atomic mass is 10.4. The van der Waals surface area contributed by atoms with Crippen LogP contribution in [0.1, 0.15) is 19.2 Å². The van der Waals surface area contributed by atoms with Crippen LogP contribution in [-0.2, 0) is 4.79 Å². The van der Waals surface area contributed by atoms with Crippen LogP contribution in [0.5, 0.6) is 5.88 Å². The Bertz CT molecular complexity index is 368. The largest absolute Gasteiger partial charge is 0.481 e. The third kappa shape index (κ3) is 4.12. The van der Waals surface area contributed by atoms with E-state index >= 15 is 0 Å². The summed E-state index contributed by atoms with van der Waals surface area (Å²) in [7, 11) is 0. The molecule has 0 aliphatic rings. The van der Waals surface area contributed by atoms with Crippen molar-refractivity contribution >= 4 is 11.8 Å². The number of hydrogen-bond donors (Lipinski definition) is 2. The number of carboxylic acid groups (broad SMARTS) is 1. The Kier molecular flexibility index (Phi) is 4.50. The molecule has 1 aromatic heterocycles. The van der Waals surface area contributed by atoms with Crippen LogP contribution in [0, 0.1) is 6.92 Å². The van der Waals surface area contributed by atoms with E-state index in [1.165, 1.54) is 0 Å². The highest BCUT2D eigenvalue weighted by molar-refractivity contribution is 5.67. The highest BCUT2D eigenvalue weighted by Crippen LogP contribution is 2.12. The first-order valence-corrected chi connectivity index (χ1v) is 5.06. The van der Waals surface area contributed by atoms with Crippen molar-refractivity contribution in [2.75, 3.05) is 18.5 Å². The van der Waals surface area contributed by atoms with E-state index in [-0.39, 0.29) is 6.42 Å². The van der Waals surface area contributed by atoms with Gasteiger partial charge in [-0.15, -0.1) is 0 Å². The second-order valence-corrected chi connectivity index (χ2v) is 3.14. The quantitative estimate of drug-likeness (QED) is 0.753. The van der Waals surface area contributed by atoms with Crippen molar-refractivity contribution < 1.29 is 14.6 Å². The van der Waals surface area contributed by atoms with Gasteiger partial charge in [0.2, 0.25) is 5.88 Å². The van der Waals surface area contributed by atoms with Crippen molar-refractivity contribution in [3.63, 3.8) is 0 Å². The monoisotopic (exact) mass is 225 g/mol. The van der Waals surface area contributed by atoms with Gasteiger partial charge in [0.05, 0.1) is 13.0 Å². The topological polar surface area (TPSA) is 84.3 Å². The number of aromatic nitrogens is 2. The molecule has 0 unspecified atom stereocenters. The summed E-state index contributed by atoms with van der Waals surface area (Å²) in [6.07, 6.45) is 0.0486. The van der Waals surface area contributed by atoms with Crippen LogP contribution in [0.3, 0.4) is 0 Å². The number of carboxylic acids is 1. The van der Waals surface area contributed by atoms with E-state index in [1.807, 2.05) is 6.92 Å². The number of aryl methyl sites for hydroxylation is 1. The first kappa shape index (κ1) is 12.2.